The molecule has 0 saturated heterocycles. The summed E-state index contributed by atoms with van der Waals surface area (Å²) < 4.78 is 11.0. The molecule has 0 unspecified atom stereocenters. The smallest absolute Gasteiger partial charge is 0.340 e. The van der Waals surface area contributed by atoms with Gasteiger partial charge >= 0.3 is 5.97 Å². The first kappa shape index (κ1) is 20.0. The van der Waals surface area contributed by atoms with E-state index in [-0.39, 0.29) is 29.1 Å². The molecule has 4 rings (SSSR count). The van der Waals surface area contributed by atoms with Gasteiger partial charge in [-0.05, 0) is 24.3 Å². The predicted octanol–water partition coefficient (Wildman–Crippen LogP) is 2.86. The summed E-state index contributed by atoms with van der Waals surface area (Å²) in [7, 11) is 1.48. The van der Waals surface area contributed by atoms with Gasteiger partial charge < -0.3 is 14.7 Å². The number of hydrogen-bond acceptors (Lipinski definition) is 7. The Labute approximate surface area is 177 Å². The maximum Gasteiger partial charge on any atom is 0.340 e. The maximum absolute atomic E-state index is 13.2. The Balaban J connectivity index is 1.78. The van der Waals surface area contributed by atoms with Gasteiger partial charge in [0.2, 0.25) is 5.52 Å². The van der Waals surface area contributed by atoms with Crippen LogP contribution < -0.4 is 9.47 Å². The second-order valence-corrected chi connectivity index (χ2v) is 6.57. The van der Waals surface area contributed by atoms with E-state index >= 15 is 0 Å². The minimum Gasteiger partial charge on any atom is -0.618 e. The molecular formula is C23H17N3O5. The second kappa shape index (κ2) is 8.58. The summed E-state index contributed by atoms with van der Waals surface area (Å²) in [4.78, 5) is 33.8. The first-order valence-electron chi connectivity index (χ1n) is 9.35. The fourth-order valence-electron chi connectivity index (χ4n) is 3.07. The molecule has 2 heterocycles. The van der Waals surface area contributed by atoms with Gasteiger partial charge in [-0.15, -0.1) is 0 Å². The van der Waals surface area contributed by atoms with Crippen molar-refractivity contribution in [2.45, 2.75) is 6.61 Å². The first-order valence-corrected chi connectivity index (χ1v) is 9.35. The molecule has 0 radical (unpaired) electrons. The number of carbonyl (C=O) groups excluding carboxylic acids is 2. The summed E-state index contributed by atoms with van der Waals surface area (Å²) in [5.74, 6) is -0.715. The van der Waals surface area contributed by atoms with Crippen LogP contribution in [0.2, 0.25) is 0 Å². The third-order valence-electron chi connectivity index (χ3n) is 4.62. The van der Waals surface area contributed by atoms with Gasteiger partial charge in [0.15, 0.2) is 5.69 Å². The summed E-state index contributed by atoms with van der Waals surface area (Å²) in [5, 5.41) is 13.2. The molecule has 8 nitrogen and oxygen atoms in total. The van der Waals surface area contributed by atoms with Gasteiger partial charge in [0, 0.05) is 18.0 Å². The van der Waals surface area contributed by atoms with E-state index in [1.807, 2.05) is 0 Å². The van der Waals surface area contributed by atoms with E-state index in [2.05, 4.69) is 9.97 Å². The Bertz CT molecular complexity index is 1260. The van der Waals surface area contributed by atoms with Gasteiger partial charge in [-0.1, -0.05) is 30.3 Å². The van der Waals surface area contributed by atoms with Gasteiger partial charge in [-0.3, -0.25) is 9.78 Å². The largest absolute Gasteiger partial charge is 0.618 e. The Kier molecular flexibility index (Phi) is 5.53. The van der Waals surface area contributed by atoms with Crippen molar-refractivity contribution in [2.24, 2.45) is 0 Å². The third kappa shape index (κ3) is 4.04. The van der Waals surface area contributed by atoms with Crippen molar-refractivity contribution in [1.82, 2.24) is 9.97 Å². The lowest BCUT2D eigenvalue weighted by Crippen LogP contribution is -2.38. The number of benzene rings is 2. The van der Waals surface area contributed by atoms with Gasteiger partial charge in [0.05, 0.1) is 18.7 Å². The minimum atomic E-state index is -0.639. The molecule has 31 heavy (non-hydrogen) atoms. The van der Waals surface area contributed by atoms with Crippen LogP contribution in [0.4, 0.5) is 0 Å². The average Bonchev–Trinajstić information content (AvgIpc) is 2.83. The third-order valence-corrected chi connectivity index (χ3v) is 4.62. The molecule has 0 spiro atoms. The summed E-state index contributed by atoms with van der Waals surface area (Å²) in [5.41, 5.74) is 0.911. The Morgan fingerprint density at radius 2 is 1.81 bits per heavy atom. The molecule has 154 valence electrons. The number of nitrogens with zero attached hydrogens (tertiary/aromatic N) is 3. The fourth-order valence-corrected chi connectivity index (χ4v) is 3.07. The lowest BCUT2D eigenvalue weighted by atomic mass is 10.1. The van der Waals surface area contributed by atoms with E-state index in [4.69, 9.17) is 9.47 Å². The van der Waals surface area contributed by atoms with Crippen LogP contribution in [-0.4, -0.2) is 28.8 Å². The molecule has 0 fully saturated rings. The van der Waals surface area contributed by atoms with Crippen molar-refractivity contribution in [1.29, 1.82) is 0 Å². The van der Waals surface area contributed by atoms with E-state index in [0.717, 1.165) is 0 Å². The van der Waals surface area contributed by atoms with Crippen LogP contribution in [-0.2, 0) is 11.3 Å². The van der Waals surface area contributed by atoms with Crippen molar-refractivity contribution in [3.8, 4) is 5.75 Å². The topological polar surface area (TPSA) is 105 Å². The van der Waals surface area contributed by atoms with E-state index in [0.29, 0.717) is 21.6 Å². The van der Waals surface area contributed by atoms with Crippen molar-refractivity contribution in [3.63, 3.8) is 0 Å². The molecule has 0 saturated carbocycles. The number of rotatable bonds is 6. The van der Waals surface area contributed by atoms with Crippen LogP contribution in [0.5, 0.6) is 5.75 Å². The molecular weight excluding hydrogens is 398 g/mol. The Morgan fingerprint density at radius 3 is 2.52 bits per heavy atom. The average molecular weight is 415 g/mol. The Hall–Kier alpha value is -4.33. The number of fused-ring (bicyclic) bond motifs is 1. The number of aromatic nitrogens is 3. The molecule has 0 aliphatic carbocycles. The van der Waals surface area contributed by atoms with Gasteiger partial charge in [-0.2, -0.15) is 4.73 Å². The van der Waals surface area contributed by atoms with Crippen molar-refractivity contribution >= 4 is 22.8 Å². The quantitative estimate of drug-likeness (QED) is 0.206. The summed E-state index contributed by atoms with van der Waals surface area (Å²) >= 11 is 0. The van der Waals surface area contributed by atoms with E-state index < -0.39 is 11.8 Å². The normalized spacial score (nSPS) is 10.6. The van der Waals surface area contributed by atoms with E-state index in [1.54, 1.807) is 54.6 Å². The van der Waals surface area contributed by atoms with Crippen LogP contribution in [0.3, 0.4) is 0 Å². The van der Waals surface area contributed by atoms with Gasteiger partial charge in [0.1, 0.15) is 17.9 Å². The molecule has 0 aliphatic heterocycles. The number of pyridine rings is 1. The SMILES string of the molecule is COc1ccc2nc(COC(=O)c3cccnc3)c(C(=O)c3ccccc3)[n+]([O-])c2c1. The molecule has 0 atom stereocenters. The zero-order valence-electron chi connectivity index (χ0n) is 16.5. The lowest BCUT2D eigenvalue weighted by molar-refractivity contribution is -0.580. The fraction of sp³-hybridized carbons (Fsp3) is 0.0870. The van der Waals surface area contributed by atoms with Crippen molar-refractivity contribution < 1.29 is 23.8 Å². The van der Waals surface area contributed by atoms with Crippen LogP contribution in [0.15, 0.2) is 73.1 Å². The molecule has 8 heteroatoms. The van der Waals surface area contributed by atoms with E-state index in [9.17, 15) is 14.8 Å². The zero-order chi connectivity index (χ0) is 21.8. The number of ether oxygens (including phenoxy) is 2. The molecule has 2 aromatic carbocycles. The molecule has 0 aliphatic rings. The van der Waals surface area contributed by atoms with Gasteiger partial charge in [0.25, 0.3) is 11.5 Å². The molecule has 0 amide bonds. The number of hydrogen-bond donors (Lipinski definition) is 0. The van der Waals surface area contributed by atoms with Crippen LogP contribution in [0.1, 0.15) is 32.1 Å². The van der Waals surface area contributed by atoms with Crippen molar-refractivity contribution in [3.05, 3.63) is 101 Å². The number of carbonyl (C=O) groups is 2. The molecule has 2 aromatic heterocycles. The number of methoxy groups -OCH3 is 1. The van der Waals surface area contributed by atoms with E-state index in [1.165, 1.54) is 25.6 Å². The summed E-state index contributed by atoms with van der Waals surface area (Å²) in [6.45, 7) is -0.355. The second-order valence-electron chi connectivity index (χ2n) is 6.57. The molecule has 0 bridgehead atoms. The zero-order valence-corrected chi connectivity index (χ0v) is 16.5. The minimum absolute atomic E-state index is 0.0544. The summed E-state index contributed by atoms with van der Waals surface area (Å²) in [6.07, 6.45) is 2.90. The lowest BCUT2D eigenvalue weighted by Gasteiger charge is -2.12. The Morgan fingerprint density at radius 1 is 1.03 bits per heavy atom. The highest BCUT2D eigenvalue weighted by Crippen LogP contribution is 2.20. The monoisotopic (exact) mass is 415 g/mol. The maximum atomic E-state index is 13.2. The molecule has 0 N–H and O–H groups in total. The van der Waals surface area contributed by atoms with Crippen LogP contribution in [0.25, 0.3) is 11.0 Å². The van der Waals surface area contributed by atoms with Crippen LogP contribution in [0, 0.1) is 5.21 Å². The predicted molar refractivity (Wildman–Crippen MR) is 110 cm³/mol. The molecule has 4 aromatic rings. The highest BCUT2D eigenvalue weighted by molar-refractivity contribution is 6.07. The summed E-state index contributed by atoms with van der Waals surface area (Å²) in [6, 6.07) is 16.3. The van der Waals surface area contributed by atoms with Crippen LogP contribution >= 0.6 is 0 Å². The van der Waals surface area contributed by atoms with Crippen molar-refractivity contribution in [2.75, 3.05) is 7.11 Å². The highest BCUT2D eigenvalue weighted by Gasteiger charge is 2.28. The highest BCUT2D eigenvalue weighted by atomic mass is 16.5. The first-order chi connectivity index (χ1) is 15.1. The standard InChI is InChI=1S/C23H17N3O5/c1-30-17-9-10-18-20(12-17)26(29)21(22(27)15-6-3-2-4-7-15)19(25-18)14-31-23(28)16-8-5-11-24-13-16/h2-13H,14H2,1H3. The number of esters is 1. The number of ketones is 1. The van der Waals surface area contributed by atoms with Gasteiger partial charge in [-0.25, -0.2) is 9.78 Å².